The molecule has 0 saturated carbocycles. The van der Waals surface area contributed by atoms with E-state index in [-0.39, 0.29) is 18.5 Å². The van der Waals surface area contributed by atoms with Crippen molar-refractivity contribution in [1.29, 1.82) is 0 Å². The molecule has 0 aromatic carbocycles. The van der Waals surface area contributed by atoms with Gasteiger partial charge in [0.05, 0.1) is 6.42 Å². The lowest BCUT2D eigenvalue weighted by Gasteiger charge is -2.39. The average molecular weight is 201 g/mol. The van der Waals surface area contributed by atoms with Crippen molar-refractivity contribution in [1.82, 2.24) is 15.5 Å². The fourth-order valence-electron chi connectivity index (χ4n) is 1.31. The van der Waals surface area contributed by atoms with E-state index in [2.05, 4.69) is 10.6 Å². The molecule has 0 atom stereocenters. The highest BCUT2D eigenvalue weighted by Crippen LogP contribution is 2.06. The van der Waals surface area contributed by atoms with Gasteiger partial charge >= 0.3 is 12.0 Å². The van der Waals surface area contributed by atoms with E-state index in [1.807, 2.05) is 0 Å². The Morgan fingerprint density at radius 1 is 1.50 bits per heavy atom. The van der Waals surface area contributed by atoms with Crippen LogP contribution in [-0.2, 0) is 4.79 Å². The number of aliphatic carboxylic acids is 1. The van der Waals surface area contributed by atoms with Crippen molar-refractivity contribution in [3.8, 4) is 0 Å². The Morgan fingerprint density at radius 2 is 2.14 bits per heavy atom. The van der Waals surface area contributed by atoms with Gasteiger partial charge in [0.2, 0.25) is 0 Å². The molecule has 0 aliphatic carbocycles. The maximum Gasteiger partial charge on any atom is 0.317 e. The van der Waals surface area contributed by atoms with Gasteiger partial charge in [-0.1, -0.05) is 0 Å². The number of carbonyl (C=O) groups is 2. The smallest absolute Gasteiger partial charge is 0.317 e. The minimum absolute atomic E-state index is 0.0821. The summed E-state index contributed by atoms with van der Waals surface area (Å²) in [4.78, 5) is 22.9. The summed E-state index contributed by atoms with van der Waals surface area (Å²) in [6, 6.07) is 0.160. The molecule has 1 heterocycles. The Morgan fingerprint density at radius 3 is 2.64 bits per heavy atom. The first kappa shape index (κ1) is 10.8. The standard InChI is InChI=1S/C8H15N3O3/c1-9-8(14)11-4-6(5-11)10-3-2-7(12)13/h6,10H,2-5H2,1H3,(H,9,14)(H,12,13). The van der Waals surface area contributed by atoms with Crippen LogP contribution < -0.4 is 10.6 Å². The molecule has 14 heavy (non-hydrogen) atoms. The third-order valence-corrected chi connectivity index (χ3v) is 2.15. The Balaban J connectivity index is 2.04. The zero-order valence-corrected chi connectivity index (χ0v) is 8.12. The molecule has 1 aliphatic rings. The fourth-order valence-corrected chi connectivity index (χ4v) is 1.31. The maximum atomic E-state index is 11.0. The summed E-state index contributed by atoms with van der Waals surface area (Å²) in [5.74, 6) is -0.806. The van der Waals surface area contributed by atoms with Crippen LogP contribution in [-0.4, -0.2) is 54.7 Å². The van der Waals surface area contributed by atoms with Crippen LogP contribution in [0.1, 0.15) is 6.42 Å². The van der Waals surface area contributed by atoms with Crippen LogP contribution in [0.15, 0.2) is 0 Å². The first-order chi connectivity index (χ1) is 6.63. The highest BCUT2D eigenvalue weighted by molar-refractivity contribution is 5.74. The summed E-state index contributed by atoms with van der Waals surface area (Å²) in [5, 5.41) is 14.0. The molecule has 0 bridgehead atoms. The molecule has 3 N–H and O–H groups in total. The van der Waals surface area contributed by atoms with Crippen molar-refractivity contribution in [2.75, 3.05) is 26.7 Å². The number of carbonyl (C=O) groups excluding carboxylic acids is 1. The zero-order valence-electron chi connectivity index (χ0n) is 8.12. The molecule has 0 spiro atoms. The van der Waals surface area contributed by atoms with Crippen molar-refractivity contribution < 1.29 is 14.7 Å². The number of nitrogens with zero attached hydrogens (tertiary/aromatic N) is 1. The van der Waals surface area contributed by atoms with Gasteiger partial charge in [0.1, 0.15) is 0 Å². The summed E-state index contributed by atoms with van der Waals surface area (Å²) >= 11 is 0. The van der Waals surface area contributed by atoms with E-state index in [0.29, 0.717) is 19.6 Å². The number of rotatable bonds is 4. The molecule has 6 heteroatoms. The summed E-state index contributed by atoms with van der Waals surface area (Å²) in [6.07, 6.45) is 0.122. The van der Waals surface area contributed by atoms with Crippen molar-refractivity contribution in [2.24, 2.45) is 0 Å². The molecular formula is C8H15N3O3. The lowest BCUT2D eigenvalue weighted by Crippen LogP contribution is -2.61. The van der Waals surface area contributed by atoms with Gasteiger partial charge in [0, 0.05) is 32.7 Å². The van der Waals surface area contributed by atoms with Gasteiger partial charge in [-0.2, -0.15) is 0 Å². The Labute approximate surface area is 82.3 Å². The molecular weight excluding hydrogens is 186 g/mol. The monoisotopic (exact) mass is 201 g/mol. The number of carboxylic acid groups (broad SMARTS) is 1. The van der Waals surface area contributed by atoms with Crippen LogP contribution in [0.5, 0.6) is 0 Å². The van der Waals surface area contributed by atoms with E-state index in [0.717, 1.165) is 0 Å². The number of carboxylic acids is 1. The van der Waals surface area contributed by atoms with E-state index < -0.39 is 5.97 Å². The topological polar surface area (TPSA) is 81.7 Å². The summed E-state index contributed by atoms with van der Waals surface area (Å²) in [7, 11) is 1.59. The summed E-state index contributed by atoms with van der Waals surface area (Å²) in [6.45, 7) is 1.76. The molecule has 0 aromatic rings. The van der Waals surface area contributed by atoms with Crippen LogP contribution in [0.3, 0.4) is 0 Å². The summed E-state index contributed by atoms with van der Waals surface area (Å²) in [5.41, 5.74) is 0. The van der Waals surface area contributed by atoms with Gasteiger partial charge in [0.15, 0.2) is 0 Å². The number of hydrogen-bond donors (Lipinski definition) is 3. The molecule has 1 fully saturated rings. The minimum Gasteiger partial charge on any atom is -0.481 e. The molecule has 6 nitrogen and oxygen atoms in total. The highest BCUT2D eigenvalue weighted by atomic mass is 16.4. The Hall–Kier alpha value is -1.30. The molecule has 0 radical (unpaired) electrons. The second kappa shape index (κ2) is 4.80. The van der Waals surface area contributed by atoms with Gasteiger partial charge in [-0.25, -0.2) is 4.79 Å². The third-order valence-electron chi connectivity index (χ3n) is 2.15. The number of nitrogens with one attached hydrogen (secondary N) is 2. The van der Waals surface area contributed by atoms with E-state index in [1.165, 1.54) is 0 Å². The maximum absolute atomic E-state index is 11.0. The molecule has 1 aliphatic heterocycles. The van der Waals surface area contributed by atoms with Gasteiger partial charge in [-0.3, -0.25) is 4.79 Å². The number of urea groups is 1. The SMILES string of the molecule is CNC(=O)N1CC(NCCC(=O)O)C1. The largest absolute Gasteiger partial charge is 0.481 e. The van der Waals surface area contributed by atoms with Gasteiger partial charge in [0.25, 0.3) is 0 Å². The Bertz CT molecular complexity index is 226. The van der Waals surface area contributed by atoms with Gasteiger partial charge in [-0.15, -0.1) is 0 Å². The van der Waals surface area contributed by atoms with Crippen LogP contribution in [0.2, 0.25) is 0 Å². The summed E-state index contributed by atoms with van der Waals surface area (Å²) < 4.78 is 0. The second-order valence-electron chi connectivity index (χ2n) is 3.25. The third kappa shape index (κ3) is 2.88. The average Bonchev–Trinajstić information content (AvgIpc) is 2.07. The van der Waals surface area contributed by atoms with Crippen molar-refractivity contribution >= 4 is 12.0 Å². The predicted molar refractivity (Wildman–Crippen MR) is 50.1 cm³/mol. The van der Waals surface area contributed by atoms with E-state index in [1.54, 1.807) is 11.9 Å². The predicted octanol–water partition coefficient (Wildman–Crippen LogP) is -0.926. The molecule has 2 amide bonds. The molecule has 0 unspecified atom stereocenters. The molecule has 80 valence electrons. The Kier molecular flexibility index (Phi) is 3.70. The molecule has 0 aromatic heterocycles. The van der Waals surface area contributed by atoms with Crippen molar-refractivity contribution in [3.63, 3.8) is 0 Å². The highest BCUT2D eigenvalue weighted by Gasteiger charge is 2.29. The van der Waals surface area contributed by atoms with E-state index in [9.17, 15) is 9.59 Å². The lowest BCUT2D eigenvalue weighted by atomic mass is 10.1. The normalized spacial score (nSPS) is 16.2. The minimum atomic E-state index is -0.806. The van der Waals surface area contributed by atoms with Gasteiger partial charge < -0.3 is 20.6 Å². The number of likely N-dealkylation sites (tertiary alicyclic amines) is 1. The van der Waals surface area contributed by atoms with E-state index in [4.69, 9.17) is 5.11 Å². The molecule has 1 rings (SSSR count). The fraction of sp³-hybridized carbons (Fsp3) is 0.750. The number of hydrogen-bond acceptors (Lipinski definition) is 3. The van der Waals surface area contributed by atoms with Gasteiger partial charge in [-0.05, 0) is 0 Å². The van der Waals surface area contributed by atoms with Crippen molar-refractivity contribution in [2.45, 2.75) is 12.5 Å². The first-order valence-corrected chi connectivity index (χ1v) is 4.55. The lowest BCUT2D eigenvalue weighted by molar-refractivity contribution is -0.136. The zero-order chi connectivity index (χ0) is 10.6. The molecule has 1 saturated heterocycles. The number of amides is 2. The van der Waals surface area contributed by atoms with E-state index >= 15 is 0 Å². The first-order valence-electron chi connectivity index (χ1n) is 4.55. The second-order valence-corrected chi connectivity index (χ2v) is 3.25. The van der Waals surface area contributed by atoms with Crippen LogP contribution >= 0.6 is 0 Å². The van der Waals surface area contributed by atoms with Crippen LogP contribution in [0.4, 0.5) is 4.79 Å². The van der Waals surface area contributed by atoms with Crippen molar-refractivity contribution in [3.05, 3.63) is 0 Å². The quantitative estimate of drug-likeness (QED) is 0.549. The van der Waals surface area contributed by atoms with Crippen LogP contribution in [0, 0.1) is 0 Å². The van der Waals surface area contributed by atoms with Crippen LogP contribution in [0.25, 0.3) is 0 Å².